The van der Waals surface area contributed by atoms with E-state index in [0.717, 1.165) is 11.6 Å². The highest BCUT2D eigenvalue weighted by Gasteiger charge is 2.39. The number of ether oxygens (including phenoxy) is 1. The molecular formula is C18H12F3N3O2S. The number of hydrogen-bond donors (Lipinski definition) is 0. The second-order valence-electron chi connectivity index (χ2n) is 5.70. The summed E-state index contributed by atoms with van der Waals surface area (Å²) >= 11 is -1.66. The zero-order chi connectivity index (χ0) is 19.0. The molecular weight excluding hydrogens is 379 g/mol. The molecule has 0 aliphatic carbocycles. The predicted octanol–water partition coefficient (Wildman–Crippen LogP) is 4.33. The van der Waals surface area contributed by atoms with E-state index in [2.05, 4.69) is 9.97 Å². The molecule has 3 aromatic rings. The minimum absolute atomic E-state index is 0.113. The van der Waals surface area contributed by atoms with Crippen LogP contribution in [0.5, 0.6) is 11.8 Å². The number of anilines is 1. The standard InChI is InChI=1S/C18H12F3N3O2S/c19-18(20,21)15-10-16(23-17(22-15)26-13-7-2-1-3-8-13)24-11-12-6-4-5-9-14(12)27(24)25/h1-10H,11H2. The highest BCUT2D eigenvalue weighted by Crippen LogP contribution is 2.37. The third-order valence-corrected chi connectivity index (χ3v) is 5.36. The smallest absolute Gasteiger partial charge is 0.433 e. The maximum Gasteiger partial charge on any atom is 0.433 e. The largest absolute Gasteiger partial charge is 0.588 e. The lowest BCUT2D eigenvalue weighted by Gasteiger charge is -2.19. The number of rotatable bonds is 3. The lowest BCUT2D eigenvalue weighted by Crippen LogP contribution is -2.25. The Morgan fingerprint density at radius 1 is 1.00 bits per heavy atom. The topological polar surface area (TPSA) is 61.3 Å². The number of halogens is 3. The number of alkyl halides is 3. The van der Waals surface area contributed by atoms with E-state index in [1.807, 2.05) is 0 Å². The summed E-state index contributed by atoms with van der Waals surface area (Å²) in [6.07, 6.45) is -4.69. The van der Waals surface area contributed by atoms with Gasteiger partial charge in [0.05, 0.1) is 6.54 Å². The fourth-order valence-corrected chi connectivity index (χ4v) is 3.94. The maximum absolute atomic E-state index is 13.3. The first-order valence-corrected chi connectivity index (χ1v) is 8.99. The van der Waals surface area contributed by atoms with Gasteiger partial charge in [-0.3, -0.25) is 0 Å². The Bertz CT molecular complexity index is 970. The van der Waals surface area contributed by atoms with Gasteiger partial charge >= 0.3 is 12.2 Å². The Morgan fingerprint density at radius 3 is 2.41 bits per heavy atom. The van der Waals surface area contributed by atoms with Crippen molar-refractivity contribution in [3.8, 4) is 11.8 Å². The number of aromatic nitrogens is 2. The quantitative estimate of drug-likeness (QED) is 0.622. The highest BCUT2D eigenvalue weighted by molar-refractivity contribution is 7.93. The van der Waals surface area contributed by atoms with Crippen LogP contribution in [0.3, 0.4) is 0 Å². The Balaban J connectivity index is 1.73. The van der Waals surface area contributed by atoms with Crippen LogP contribution < -0.4 is 9.04 Å². The summed E-state index contributed by atoms with van der Waals surface area (Å²) < 4.78 is 59.2. The molecule has 2 aromatic carbocycles. The van der Waals surface area contributed by atoms with Crippen molar-refractivity contribution < 1.29 is 22.5 Å². The molecule has 5 nitrogen and oxygen atoms in total. The molecule has 0 N–H and O–H groups in total. The third kappa shape index (κ3) is 3.56. The monoisotopic (exact) mass is 391 g/mol. The van der Waals surface area contributed by atoms with Gasteiger partial charge in [0.25, 0.3) is 0 Å². The summed E-state index contributed by atoms with van der Waals surface area (Å²) in [6, 6.07) is 15.5. The van der Waals surface area contributed by atoms with Crippen LogP contribution in [0.1, 0.15) is 11.3 Å². The molecule has 1 unspecified atom stereocenters. The van der Waals surface area contributed by atoms with E-state index in [9.17, 15) is 17.7 Å². The first kappa shape index (κ1) is 17.6. The molecule has 27 heavy (non-hydrogen) atoms. The van der Waals surface area contributed by atoms with Gasteiger partial charge in [-0.1, -0.05) is 36.4 Å². The van der Waals surface area contributed by atoms with Gasteiger partial charge in [0.1, 0.15) is 17.1 Å². The second-order valence-corrected chi connectivity index (χ2v) is 7.08. The Hall–Kier alpha value is -2.78. The molecule has 0 fully saturated rings. The Morgan fingerprint density at radius 2 is 1.70 bits per heavy atom. The van der Waals surface area contributed by atoms with E-state index in [4.69, 9.17) is 4.74 Å². The van der Waals surface area contributed by atoms with Crippen LogP contribution in [-0.4, -0.2) is 14.5 Å². The molecule has 0 amide bonds. The zero-order valence-electron chi connectivity index (χ0n) is 13.7. The summed E-state index contributed by atoms with van der Waals surface area (Å²) in [5.74, 6) is 0.186. The molecule has 1 aliphatic heterocycles. The van der Waals surface area contributed by atoms with Crippen molar-refractivity contribution in [2.45, 2.75) is 17.6 Å². The van der Waals surface area contributed by atoms with Gasteiger partial charge in [-0.25, -0.2) is 0 Å². The zero-order valence-corrected chi connectivity index (χ0v) is 14.5. The van der Waals surface area contributed by atoms with Crippen molar-refractivity contribution >= 4 is 17.2 Å². The normalized spacial score (nSPS) is 16.3. The fourth-order valence-electron chi connectivity index (χ4n) is 2.63. The molecule has 0 saturated heterocycles. The highest BCUT2D eigenvalue weighted by atomic mass is 32.2. The van der Waals surface area contributed by atoms with E-state index in [-0.39, 0.29) is 12.4 Å². The van der Waals surface area contributed by atoms with E-state index >= 15 is 0 Å². The van der Waals surface area contributed by atoms with Gasteiger partial charge in [0, 0.05) is 11.6 Å². The summed E-state index contributed by atoms with van der Waals surface area (Å²) in [7, 11) is 0. The average molecular weight is 391 g/mol. The number of nitrogens with zero attached hydrogens (tertiary/aromatic N) is 3. The number of para-hydroxylation sites is 1. The molecule has 0 saturated carbocycles. The van der Waals surface area contributed by atoms with Crippen LogP contribution in [0.25, 0.3) is 0 Å². The Kier molecular flexibility index (Phi) is 4.40. The minimum Gasteiger partial charge on any atom is -0.588 e. The van der Waals surface area contributed by atoms with Crippen LogP contribution >= 0.6 is 0 Å². The Labute approximate surface area is 155 Å². The van der Waals surface area contributed by atoms with E-state index < -0.39 is 29.2 Å². The van der Waals surface area contributed by atoms with Gasteiger partial charge in [-0.2, -0.15) is 27.4 Å². The molecule has 1 aromatic heterocycles. The van der Waals surface area contributed by atoms with Gasteiger partial charge in [-0.05, 0) is 18.2 Å². The SMILES string of the molecule is [O-][S+]1c2ccccc2CN1c1cc(C(F)(F)F)nc(Oc2ccccc2)n1. The van der Waals surface area contributed by atoms with Crippen molar-refractivity contribution in [2.75, 3.05) is 4.31 Å². The molecule has 9 heteroatoms. The average Bonchev–Trinajstić information content (AvgIpc) is 2.99. The first-order chi connectivity index (χ1) is 12.9. The number of benzene rings is 2. The fraction of sp³-hybridized carbons (Fsp3) is 0.111. The maximum atomic E-state index is 13.3. The van der Waals surface area contributed by atoms with Gasteiger partial charge < -0.3 is 9.29 Å². The van der Waals surface area contributed by atoms with Gasteiger partial charge in [0.2, 0.25) is 0 Å². The van der Waals surface area contributed by atoms with Crippen LogP contribution in [0.4, 0.5) is 19.0 Å². The summed E-state index contributed by atoms with van der Waals surface area (Å²) in [5.41, 5.74) is -0.389. The molecule has 1 atom stereocenters. The van der Waals surface area contributed by atoms with Crippen LogP contribution in [-0.2, 0) is 24.1 Å². The van der Waals surface area contributed by atoms with Gasteiger partial charge in [0.15, 0.2) is 16.4 Å². The summed E-state index contributed by atoms with van der Waals surface area (Å²) in [6.45, 7) is 0.182. The lowest BCUT2D eigenvalue weighted by molar-refractivity contribution is -0.141. The lowest BCUT2D eigenvalue weighted by atomic mass is 10.2. The molecule has 0 radical (unpaired) electrons. The van der Waals surface area contributed by atoms with E-state index in [0.29, 0.717) is 10.6 Å². The second kappa shape index (κ2) is 6.75. The molecule has 0 bridgehead atoms. The molecule has 138 valence electrons. The van der Waals surface area contributed by atoms with Crippen molar-refractivity contribution in [2.24, 2.45) is 0 Å². The van der Waals surface area contributed by atoms with E-state index in [1.54, 1.807) is 54.6 Å². The van der Waals surface area contributed by atoms with Crippen molar-refractivity contribution in [1.29, 1.82) is 0 Å². The molecule has 2 heterocycles. The molecule has 1 aliphatic rings. The van der Waals surface area contributed by atoms with Crippen LogP contribution in [0.15, 0.2) is 65.6 Å². The van der Waals surface area contributed by atoms with Gasteiger partial charge in [-0.15, -0.1) is 0 Å². The van der Waals surface area contributed by atoms with Crippen molar-refractivity contribution in [1.82, 2.24) is 9.97 Å². The summed E-state index contributed by atoms with van der Waals surface area (Å²) in [4.78, 5) is 8.07. The predicted molar refractivity (Wildman–Crippen MR) is 92.6 cm³/mol. The molecule has 0 spiro atoms. The van der Waals surface area contributed by atoms with Crippen molar-refractivity contribution in [3.05, 3.63) is 71.9 Å². The number of fused-ring (bicyclic) bond motifs is 1. The van der Waals surface area contributed by atoms with E-state index in [1.165, 1.54) is 4.31 Å². The van der Waals surface area contributed by atoms with Crippen molar-refractivity contribution in [3.63, 3.8) is 0 Å². The first-order valence-electron chi connectivity index (χ1n) is 7.88. The number of hydrogen-bond acceptors (Lipinski definition) is 5. The minimum atomic E-state index is -4.69. The third-order valence-electron chi connectivity index (χ3n) is 3.87. The van der Waals surface area contributed by atoms with Crippen LogP contribution in [0.2, 0.25) is 0 Å². The molecule has 4 rings (SSSR count). The summed E-state index contributed by atoms with van der Waals surface area (Å²) in [5, 5.41) is 0. The van der Waals surface area contributed by atoms with Crippen LogP contribution in [0, 0.1) is 0 Å².